The van der Waals surface area contributed by atoms with E-state index in [2.05, 4.69) is 5.32 Å². The van der Waals surface area contributed by atoms with Gasteiger partial charge >= 0.3 is 6.18 Å². The van der Waals surface area contributed by atoms with Crippen molar-refractivity contribution >= 4 is 0 Å². The third-order valence-corrected chi connectivity index (χ3v) is 4.70. The van der Waals surface area contributed by atoms with E-state index in [9.17, 15) is 13.2 Å². The topological polar surface area (TPSA) is 12.0 Å². The third-order valence-electron chi connectivity index (χ3n) is 4.70. The molecule has 2 aromatic rings. The summed E-state index contributed by atoms with van der Waals surface area (Å²) in [5.74, 6) is 0. The number of halogens is 3. The van der Waals surface area contributed by atoms with Crippen molar-refractivity contribution in [3.05, 3.63) is 59.7 Å². The normalized spacial score (nSPS) is 16.3. The number of nitrogens with one attached hydrogen (secondary N) is 1. The minimum atomic E-state index is -4.28. The van der Waals surface area contributed by atoms with Crippen LogP contribution in [0.15, 0.2) is 48.5 Å². The van der Waals surface area contributed by atoms with E-state index in [-0.39, 0.29) is 0 Å². The van der Waals surface area contributed by atoms with E-state index in [0.717, 1.165) is 29.8 Å². The van der Waals surface area contributed by atoms with E-state index in [1.807, 2.05) is 24.3 Å². The molecule has 1 nitrogen and oxygen atoms in total. The van der Waals surface area contributed by atoms with E-state index >= 15 is 0 Å². The van der Waals surface area contributed by atoms with Crippen molar-refractivity contribution in [2.24, 2.45) is 0 Å². The second kappa shape index (κ2) is 7.39. The highest BCUT2D eigenvalue weighted by atomic mass is 19.4. The van der Waals surface area contributed by atoms with Gasteiger partial charge in [0, 0.05) is 12.6 Å². The molecule has 3 rings (SSSR count). The predicted octanol–water partition coefficient (Wildman–Crippen LogP) is 5.79. The van der Waals surface area contributed by atoms with Crippen LogP contribution in [-0.4, -0.2) is 6.04 Å². The van der Waals surface area contributed by atoms with Crippen LogP contribution in [-0.2, 0) is 12.7 Å². The standard InChI is InChI=1S/C20H22F3N/c21-20(22,23)18-12-10-17(11-13-18)16-8-6-15(7-9-16)14-24-19-4-2-1-3-5-19/h6-13,19,24H,1-5,14H2. The molecule has 128 valence electrons. The monoisotopic (exact) mass is 333 g/mol. The molecule has 0 amide bonds. The van der Waals surface area contributed by atoms with Crippen molar-refractivity contribution < 1.29 is 13.2 Å². The molecule has 1 fully saturated rings. The van der Waals surface area contributed by atoms with E-state index in [1.165, 1.54) is 49.8 Å². The fourth-order valence-electron chi connectivity index (χ4n) is 3.24. The molecule has 0 aromatic heterocycles. The first-order valence-electron chi connectivity index (χ1n) is 8.52. The highest BCUT2D eigenvalue weighted by molar-refractivity contribution is 5.64. The van der Waals surface area contributed by atoms with E-state index in [0.29, 0.717) is 6.04 Å². The van der Waals surface area contributed by atoms with Gasteiger partial charge in [-0.2, -0.15) is 13.2 Å². The average Bonchev–Trinajstić information content (AvgIpc) is 2.61. The van der Waals surface area contributed by atoms with E-state index in [4.69, 9.17) is 0 Å². The largest absolute Gasteiger partial charge is 0.416 e. The summed E-state index contributed by atoms with van der Waals surface area (Å²) in [6, 6.07) is 14.0. The van der Waals surface area contributed by atoms with Crippen LogP contribution in [0.4, 0.5) is 13.2 Å². The van der Waals surface area contributed by atoms with Crippen molar-refractivity contribution in [1.29, 1.82) is 0 Å². The van der Waals surface area contributed by atoms with Crippen LogP contribution in [0.1, 0.15) is 43.2 Å². The first-order valence-corrected chi connectivity index (χ1v) is 8.52. The Bertz CT molecular complexity index is 638. The van der Waals surface area contributed by atoms with Crippen molar-refractivity contribution in [2.45, 2.75) is 50.9 Å². The summed E-state index contributed by atoms with van der Waals surface area (Å²) < 4.78 is 37.8. The second-order valence-corrected chi connectivity index (χ2v) is 6.49. The maximum atomic E-state index is 12.6. The maximum absolute atomic E-state index is 12.6. The molecule has 0 aliphatic heterocycles. The van der Waals surface area contributed by atoms with Crippen molar-refractivity contribution in [2.75, 3.05) is 0 Å². The molecule has 0 atom stereocenters. The maximum Gasteiger partial charge on any atom is 0.416 e. The van der Waals surface area contributed by atoms with Crippen molar-refractivity contribution in [1.82, 2.24) is 5.32 Å². The molecule has 1 aliphatic rings. The number of benzene rings is 2. The zero-order chi connectivity index (χ0) is 17.0. The van der Waals surface area contributed by atoms with Crippen molar-refractivity contribution in [3.8, 4) is 11.1 Å². The van der Waals surface area contributed by atoms with Gasteiger partial charge in [0.25, 0.3) is 0 Å². The number of rotatable bonds is 4. The summed E-state index contributed by atoms with van der Waals surface area (Å²) in [5, 5.41) is 3.60. The minimum absolute atomic E-state index is 0.612. The molecular weight excluding hydrogens is 311 g/mol. The van der Waals surface area contributed by atoms with E-state index in [1.54, 1.807) is 0 Å². The van der Waals surface area contributed by atoms with Gasteiger partial charge in [-0.15, -0.1) is 0 Å². The molecule has 1 aliphatic carbocycles. The third kappa shape index (κ3) is 4.38. The molecule has 24 heavy (non-hydrogen) atoms. The Hall–Kier alpha value is -1.81. The van der Waals surface area contributed by atoms with Crippen LogP contribution < -0.4 is 5.32 Å². The van der Waals surface area contributed by atoms with Crippen LogP contribution in [0, 0.1) is 0 Å². The molecule has 2 aromatic carbocycles. The second-order valence-electron chi connectivity index (χ2n) is 6.49. The zero-order valence-corrected chi connectivity index (χ0v) is 13.6. The first-order chi connectivity index (χ1) is 11.5. The molecule has 1 N–H and O–H groups in total. The van der Waals surface area contributed by atoms with Crippen LogP contribution in [0.2, 0.25) is 0 Å². The fraction of sp³-hybridized carbons (Fsp3) is 0.400. The molecule has 0 bridgehead atoms. The Morgan fingerprint density at radius 3 is 1.88 bits per heavy atom. The Kier molecular flexibility index (Phi) is 5.24. The van der Waals surface area contributed by atoms with Gasteiger partial charge in [0.15, 0.2) is 0 Å². The summed E-state index contributed by atoms with van der Waals surface area (Å²) in [6.07, 6.45) is 2.19. The lowest BCUT2D eigenvalue weighted by molar-refractivity contribution is -0.137. The minimum Gasteiger partial charge on any atom is -0.310 e. The summed E-state index contributed by atoms with van der Waals surface area (Å²) >= 11 is 0. The van der Waals surface area contributed by atoms with Crippen LogP contribution in [0.5, 0.6) is 0 Å². The summed E-state index contributed by atoms with van der Waals surface area (Å²) in [6.45, 7) is 0.845. The van der Waals surface area contributed by atoms with Crippen LogP contribution in [0.3, 0.4) is 0 Å². The van der Waals surface area contributed by atoms with Crippen LogP contribution in [0.25, 0.3) is 11.1 Å². The predicted molar refractivity (Wildman–Crippen MR) is 90.6 cm³/mol. The first kappa shape index (κ1) is 17.0. The molecule has 0 saturated heterocycles. The SMILES string of the molecule is FC(F)(F)c1ccc(-c2ccc(CNC3CCCCC3)cc2)cc1. The number of alkyl halides is 3. The van der Waals surface area contributed by atoms with Crippen LogP contribution >= 0.6 is 0 Å². The quantitative estimate of drug-likeness (QED) is 0.746. The molecule has 4 heteroatoms. The van der Waals surface area contributed by atoms with Gasteiger partial charge < -0.3 is 5.32 Å². The Labute approximate surface area is 140 Å². The molecule has 0 heterocycles. The fourth-order valence-corrected chi connectivity index (χ4v) is 3.24. The molecular formula is C20H22F3N. The Morgan fingerprint density at radius 1 is 0.792 bits per heavy atom. The van der Waals surface area contributed by atoms with Gasteiger partial charge in [-0.1, -0.05) is 55.7 Å². The van der Waals surface area contributed by atoms with Gasteiger partial charge in [0.1, 0.15) is 0 Å². The number of hydrogen-bond donors (Lipinski definition) is 1. The lowest BCUT2D eigenvalue weighted by Gasteiger charge is -2.22. The summed E-state index contributed by atoms with van der Waals surface area (Å²) in [7, 11) is 0. The highest BCUT2D eigenvalue weighted by Crippen LogP contribution is 2.31. The lowest BCUT2D eigenvalue weighted by atomic mass is 9.95. The Balaban J connectivity index is 1.61. The smallest absolute Gasteiger partial charge is 0.310 e. The average molecular weight is 333 g/mol. The molecule has 0 unspecified atom stereocenters. The van der Waals surface area contributed by atoms with Gasteiger partial charge in [0.05, 0.1) is 5.56 Å². The molecule has 0 spiro atoms. The molecule has 0 radical (unpaired) electrons. The number of hydrogen-bond acceptors (Lipinski definition) is 1. The van der Waals surface area contributed by atoms with Gasteiger partial charge in [-0.05, 0) is 41.7 Å². The zero-order valence-electron chi connectivity index (χ0n) is 13.6. The molecule has 1 saturated carbocycles. The lowest BCUT2D eigenvalue weighted by Crippen LogP contribution is -2.30. The Morgan fingerprint density at radius 2 is 1.33 bits per heavy atom. The van der Waals surface area contributed by atoms with Gasteiger partial charge in [0.2, 0.25) is 0 Å². The van der Waals surface area contributed by atoms with Gasteiger partial charge in [-0.3, -0.25) is 0 Å². The van der Waals surface area contributed by atoms with Crippen molar-refractivity contribution in [3.63, 3.8) is 0 Å². The summed E-state index contributed by atoms with van der Waals surface area (Å²) in [4.78, 5) is 0. The highest BCUT2D eigenvalue weighted by Gasteiger charge is 2.29. The van der Waals surface area contributed by atoms with Gasteiger partial charge in [-0.25, -0.2) is 0 Å². The van der Waals surface area contributed by atoms with E-state index < -0.39 is 11.7 Å². The summed E-state index contributed by atoms with van der Waals surface area (Å²) in [5.41, 5.74) is 2.33.